The first kappa shape index (κ1) is 12.2. The van der Waals surface area contributed by atoms with Crippen LogP contribution in [0.5, 0.6) is 0 Å². The maximum atomic E-state index is 13.3. The highest BCUT2D eigenvalue weighted by Crippen LogP contribution is 2.13. The van der Waals surface area contributed by atoms with Crippen molar-refractivity contribution in [2.75, 3.05) is 0 Å². The number of pyridine rings is 1. The van der Waals surface area contributed by atoms with Gasteiger partial charge >= 0.3 is 5.97 Å². The molecule has 0 saturated carbocycles. The van der Waals surface area contributed by atoms with Gasteiger partial charge in [0.15, 0.2) is 11.6 Å². The number of aromatic nitrogens is 1. The van der Waals surface area contributed by atoms with Gasteiger partial charge in [-0.05, 0) is 18.2 Å². The molecule has 5 heteroatoms. The maximum absolute atomic E-state index is 13.3. The van der Waals surface area contributed by atoms with Crippen LogP contribution < -0.4 is 0 Å². The molecule has 0 unspecified atom stereocenters. The number of nitrogens with zero attached hydrogens (tertiary/aromatic N) is 1. The average Bonchev–Trinajstić information content (AvgIpc) is 2.41. The Morgan fingerprint density at radius 1 is 1.22 bits per heavy atom. The second-order valence-electron chi connectivity index (χ2n) is 3.53. The molecule has 3 nitrogen and oxygen atoms in total. The van der Waals surface area contributed by atoms with Crippen molar-refractivity contribution in [3.05, 3.63) is 65.5 Å². The van der Waals surface area contributed by atoms with Crippen LogP contribution in [0.1, 0.15) is 15.9 Å². The van der Waals surface area contributed by atoms with Crippen LogP contribution in [0.25, 0.3) is 0 Å². The van der Waals surface area contributed by atoms with E-state index in [9.17, 15) is 13.6 Å². The predicted octanol–water partition coefficient (Wildman–Crippen LogP) is 2.72. The van der Waals surface area contributed by atoms with Crippen molar-refractivity contribution >= 4 is 5.97 Å². The van der Waals surface area contributed by atoms with Gasteiger partial charge in [-0.1, -0.05) is 12.1 Å². The summed E-state index contributed by atoms with van der Waals surface area (Å²) >= 11 is 0. The molecule has 1 heterocycles. The summed E-state index contributed by atoms with van der Waals surface area (Å²) in [5.41, 5.74) is 0.251. The first-order valence-corrected chi connectivity index (χ1v) is 5.18. The van der Waals surface area contributed by atoms with Crippen LogP contribution in [0, 0.1) is 11.6 Å². The zero-order chi connectivity index (χ0) is 13.0. The number of halogens is 2. The minimum atomic E-state index is -1.00. The summed E-state index contributed by atoms with van der Waals surface area (Å²) in [4.78, 5) is 15.3. The number of carbonyl (C=O) groups is 1. The number of hydrogen-bond acceptors (Lipinski definition) is 3. The molecule has 0 N–H and O–H groups in total. The standard InChI is InChI=1S/C13H9F2NO2/c14-11-5-1-3-10(12(11)15)8-18-13(17)9-4-2-6-16-7-9/h1-7H,8H2. The van der Waals surface area contributed by atoms with Crippen LogP contribution in [0.2, 0.25) is 0 Å². The summed E-state index contributed by atoms with van der Waals surface area (Å²) < 4.78 is 31.0. The van der Waals surface area contributed by atoms with Gasteiger partial charge in [0.2, 0.25) is 0 Å². The third kappa shape index (κ3) is 2.68. The highest BCUT2D eigenvalue weighted by Gasteiger charge is 2.11. The molecule has 0 saturated heterocycles. The van der Waals surface area contributed by atoms with Crippen LogP contribution in [0.3, 0.4) is 0 Å². The van der Waals surface area contributed by atoms with Gasteiger partial charge in [0.05, 0.1) is 5.56 Å². The van der Waals surface area contributed by atoms with E-state index in [0.717, 1.165) is 6.07 Å². The van der Waals surface area contributed by atoms with E-state index in [1.807, 2.05) is 0 Å². The number of rotatable bonds is 3. The zero-order valence-corrected chi connectivity index (χ0v) is 9.27. The average molecular weight is 249 g/mol. The van der Waals surface area contributed by atoms with E-state index in [1.165, 1.54) is 30.6 Å². The Balaban J connectivity index is 2.04. The molecular formula is C13H9F2NO2. The largest absolute Gasteiger partial charge is 0.457 e. The van der Waals surface area contributed by atoms with Crippen molar-refractivity contribution in [2.24, 2.45) is 0 Å². The molecule has 0 aliphatic carbocycles. The molecule has 2 rings (SSSR count). The van der Waals surface area contributed by atoms with E-state index >= 15 is 0 Å². The lowest BCUT2D eigenvalue weighted by Crippen LogP contribution is -2.07. The van der Waals surface area contributed by atoms with E-state index in [4.69, 9.17) is 4.74 Å². The van der Waals surface area contributed by atoms with Crippen LogP contribution >= 0.6 is 0 Å². The Bertz CT molecular complexity index is 558. The molecule has 0 atom stereocenters. The lowest BCUT2D eigenvalue weighted by Gasteiger charge is -2.05. The summed E-state index contributed by atoms with van der Waals surface area (Å²) in [5, 5.41) is 0. The van der Waals surface area contributed by atoms with Gasteiger partial charge in [0.1, 0.15) is 6.61 Å². The Morgan fingerprint density at radius 2 is 2.06 bits per heavy atom. The van der Waals surface area contributed by atoms with E-state index in [2.05, 4.69) is 4.98 Å². The van der Waals surface area contributed by atoms with Crippen molar-refractivity contribution < 1.29 is 18.3 Å². The van der Waals surface area contributed by atoms with Crippen molar-refractivity contribution in [3.63, 3.8) is 0 Å². The Labute approximate surface area is 102 Å². The summed E-state index contributed by atoms with van der Waals surface area (Å²) in [6.45, 7) is -0.322. The minimum absolute atomic E-state index is 0.00718. The van der Waals surface area contributed by atoms with Gasteiger partial charge < -0.3 is 4.74 Å². The van der Waals surface area contributed by atoms with Gasteiger partial charge in [0, 0.05) is 18.0 Å². The monoisotopic (exact) mass is 249 g/mol. The second kappa shape index (κ2) is 5.35. The molecular weight excluding hydrogens is 240 g/mol. The minimum Gasteiger partial charge on any atom is -0.457 e. The molecule has 0 radical (unpaired) electrons. The van der Waals surface area contributed by atoms with Gasteiger partial charge in [0.25, 0.3) is 0 Å². The lowest BCUT2D eigenvalue weighted by molar-refractivity contribution is 0.0467. The van der Waals surface area contributed by atoms with Gasteiger partial charge in [-0.15, -0.1) is 0 Å². The number of benzene rings is 1. The Kier molecular flexibility index (Phi) is 3.62. The Hall–Kier alpha value is -2.30. The molecule has 0 bridgehead atoms. The topological polar surface area (TPSA) is 39.2 Å². The number of esters is 1. The van der Waals surface area contributed by atoms with Gasteiger partial charge in [-0.2, -0.15) is 0 Å². The maximum Gasteiger partial charge on any atom is 0.340 e. The van der Waals surface area contributed by atoms with Crippen LogP contribution in [-0.2, 0) is 11.3 Å². The summed E-state index contributed by atoms with van der Waals surface area (Å²) in [7, 11) is 0. The number of hydrogen-bond donors (Lipinski definition) is 0. The van der Waals surface area contributed by atoms with Gasteiger partial charge in [-0.3, -0.25) is 4.98 Å². The second-order valence-corrected chi connectivity index (χ2v) is 3.53. The third-order valence-corrected chi connectivity index (χ3v) is 2.29. The molecule has 1 aromatic heterocycles. The smallest absolute Gasteiger partial charge is 0.340 e. The fraction of sp³-hybridized carbons (Fsp3) is 0.0769. The van der Waals surface area contributed by atoms with E-state index in [0.29, 0.717) is 0 Å². The first-order chi connectivity index (χ1) is 8.68. The zero-order valence-electron chi connectivity index (χ0n) is 9.27. The van der Waals surface area contributed by atoms with Crippen molar-refractivity contribution in [1.29, 1.82) is 0 Å². The molecule has 2 aromatic rings. The fourth-order valence-electron chi connectivity index (χ4n) is 1.37. The van der Waals surface area contributed by atoms with E-state index in [-0.39, 0.29) is 17.7 Å². The van der Waals surface area contributed by atoms with Crippen molar-refractivity contribution in [2.45, 2.75) is 6.61 Å². The Morgan fingerprint density at radius 3 is 2.78 bits per heavy atom. The fourth-order valence-corrected chi connectivity index (χ4v) is 1.37. The summed E-state index contributed by atoms with van der Waals surface area (Å²) in [6.07, 6.45) is 2.85. The highest BCUT2D eigenvalue weighted by atomic mass is 19.2. The molecule has 0 fully saturated rings. The van der Waals surface area contributed by atoms with Crippen LogP contribution in [0.4, 0.5) is 8.78 Å². The summed E-state index contributed by atoms with van der Waals surface area (Å²) in [6, 6.07) is 6.82. The van der Waals surface area contributed by atoms with E-state index < -0.39 is 17.6 Å². The lowest BCUT2D eigenvalue weighted by atomic mass is 10.2. The molecule has 0 spiro atoms. The molecule has 18 heavy (non-hydrogen) atoms. The van der Waals surface area contributed by atoms with Crippen LogP contribution in [0.15, 0.2) is 42.7 Å². The SMILES string of the molecule is O=C(OCc1cccc(F)c1F)c1cccnc1. The van der Waals surface area contributed by atoms with Crippen molar-refractivity contribution in [3.8, 4) is 0 Å². The predicted molar refractivity (Wildman–Crippen MR) is 59.7 cm³/mol. The number of ether oxygens (including phenoxy) is 1. The van der Waals surface area contributed by atoms with E-state index in [1.54, 1.807) is 6.07 Å². The quantitative estimate of drug-likeness (QED) is 0.785. The van der Waals surface area contributed by atoms with Crippen molar-refractivity contribution in [1.82, 2.24) is 4.98 Å². The normalized spacial score (nSPS) is 10.1. The third-order valence-electron chi connectivity index (χ3n) is 2.29. The first-order valence-electron chi connectivity index (χ1n) is 5.18. The highest BCUT2D eigenvalue weighted by molar-refractivity contribution is 5.88. The molecule has 0 aliphatic heterocycles. The molecule has 92 valence electrons. The molecule has 1 aromatic carbocycles. The number of carbonyl (C=O) groups excluding carboxylic acids is 1. The van der Waals surface area contributed by atoms with Gasteiger partial charge in [-0.25, -0.2) is 13.6 Å². The molecule has 0 aliphatic rings. The van der Waals surface area contributed by atoms with Crippen LogP contribution in [-0.4, -0.2) is 11.0 Å². The summed E-state index contributed by atoms with van der Waals surface area (Å²) in [5.74, 6) is -2.60. The molecule has 0 amide bonds.